The molecule has 1 aromatic heterocycles. The van der Waals surface area contributed by atoms with Crippen molar-refractivity contribution in [3.8, 4) is 11.3 Å². The molecule has 0 atom stereocenters. The molecule has 0 radical (unpaired) electrons. The van der Waals surface area contributed by atoms with Crippen LogP contribution in [0.1, 0.15) is 10.4 Å². The maximum Gasteiger partial charge on any atom is 0.257 e. The number of hydrogen-bond donors (Lipinski definition) is 1. The summed E-state index contributed by atoms with van der Waals surface area (Å²) in [5, 5.41) is 5.08. The predicted octanol–water partition coefficient (Wildman–Crippen LogP) is 3.85. The molecule has 0 saturated carbocycles. The van der Waals surface area contributed by atoms with E-state index in [-0.39, 0.29) is 10.8 Å². The highest BCUT2D eigenvalue weighted by molar-refractivity contribution is 9.10. The highest BCUT2D eigenvalue weighted by Gasteiger charge is 2.26. The number of rotatable bonds is 5. The number of nitrogens with zero attached hydrogens (tertiary/aromatic N) is 2. The fourth-order valence-corrected chi connectivity index (χ4v) is 5.35. The van der Waals surface area contributed by atoms with Crippen molar-refractivity contribution in [3.05, 3.63) is 63.9 Å². The number of carbonyl (C=O) groups is 1. The van der Waals surface area contributed by atoms with Crippen LogP contribution in [0.25, 0.3) is 11.3 Å². The van der Waals surface area contributed by atoms with Gasteiger partial charge in [-0.3, -0.25) is 10.1 Å². The van der Waals surface area contributed by atoms with E-state index >= 15 is 0 Å². The van der Waals surface area contributed by atoms with Crippen LogP contribution < -0.4 is 5.32 Å². The Morgan fingerprint density at radius 1 is 1.07 bits per heavy atom. The summed E-state index contributed by atoms with van der Waals surface area (Å²) >= 11 is 4.65. The minimum atomic E-state index is -3.53. The SMILES string of the molecule is O=C(Nc1nc(-c2ccc(S(=O)(=O)N3CCOCC3)cc2)cs1)c1ccc(Br)cc1. The lowest BCUT2D eigenvalue weighted by Crippen LogP contribution is -2.40. The molecule has 1 amide bonds. The van der Waals surface area contributed by atoms with E-state index in [9.17, 15) is 13.2 Å². The Labute approximate surface area is 186 Å². The number of nitrogens with one attached hydrogen (secondary N) is 1. The first kappa shape index (κ1) is 21.1. The second kappa shape index (κ2) is 8.94. The van der Waals surface area contributed by atoms with Gasteiger partial charge in [-0.15, -0.1) is 11.3 Å². The second-order valence-electron chi connectivity index (χ2n) is 6.54. The quantitative estimate of drug-likeness (QED) is 0.566. The molecule has 2 heterocycles. The molecule has 0 unspecified atom stereocenters. The van der Waals surface area contributed by atoms with Crippen molar-refractivity contribution in [1.29, 1.82) is 0 Å². The molecule has 3 aromatic rings. The number of benzene rings is 2. The number of ether oxygens (including phenoxy) is 1. The van der Waals surface area contributed by atoms with Crippen molar-refractivity contribution in [3.63, 3.8) is 0 Å². The van der Waals surface area contributed by atoms with Crippen LogP contribution in [-0.4, -0.2) is 49.9 Å². The Kier molecular flexibility index (Phi) is 6.30. The molecule has 7 nitrogen and oxygen atoms in total. The normalized spacial score (nSPS) is 15.1. The predicted molar refractivity (Wildman–Crippen MR) is 119 cm³/mol. The highest BCUT2D eigenvalue weighted by Crippen LogP contribution is 2.27. The van der Waals surface area contributed by atoms with Crippen LogP contribution in [-0.2, 0) is 14.8 Å². The summed E-state index contributed by atoms with van der Waals surface area (Å²) in [4.78, 5) is 17.0. The van der Waals surface area contributed by atoms with Crippen molar-refractivity contribution >= 4 is 48.3 Å². The third kappa shape index (κ3) is 4.62. The number of hydrogen-bond acceptors (Lipinski definition) is 6. The third-order valence-corrected chi connectivity index (χ3v) is 7.79. The van der Waals surface area contributed by atoms with Crippen molar-refractivity contribution < 1.29 is 17.9 Å². The van der Waals surface area contributed by atoms with Gasteiger partial charge in [0.05, 0.1) is 23.8 Å². The average Bonchev–Trinajstić information content (AvgIpc) is 3.23. The van der Waals surface area contributed by atoms with Gasteiger partial charge >= 0.3 is 0 Å². The molecule has 4 rings (SSSR count). The van der Waals surface area contributed by atoms with Crippen molar-refractivity contribution in [2.45, 2.75) is 4.90 Å². The largest absolute Gasteiger partial charge is 0.379 e. The number of aromatic nitrogens is 1. The molecule has 156 valence electrons. The Morgan fingerprint density at radius 2 is 1.73 bits per heavy atom. The maximum absolute atomic E-state index is 12.7. The molecule has 0 aliphatic carbocycles. The van der Waals surface area contributed by atoms with E-state index < -0.39 is 10.0 Å². The van der Waals surface area contributed by atoms with E-state index in [1.165, 1.54) is 15.6 Å². The number of thiazole rings is 1. The van der Waals surface area contributed by atoms with E-state index in [0.29, 0.717) is 42.7 Å². The number of halogens is 1. The number of morpholine rings is 1. The topological polar surface area (TPSA) is 88.6 Å². The average molecular weight is 508 g/mol. The van der Waals surface area contributed by atoms with Crippen LogP contribution >= 0.6 is 27.3 Å². The van der Waals surface area contributed by atoms with Gasteiger partial charge in [-0.1, -0.05) is 28.1 Å². The number of amides is 1. The van der Waals surface area contributed by atoms with E-state index in [1.807, 2.05) is 5.38 Å². The van der Waals surface area contributed by atoms with Crippen LogP contribution in [0.3, 0.4) is 0 Å². The summed E-state index contributed by atoms with van der Waals surface area (Å²) in [5.41, 5.74) is 1.98. The van der Waals surface area contributed by atoms with Crippen LogP contribution in [0.15, 0.2) is 63.3 Å². The minimum Gasteiger partial charge on any atom is -0.379 e. The van der Waals surface area contributed by atoms with Crippen molar-refractivity contribution in [1.82, 2.24) is 9.29 Å². The second-order valence-corrected chi connectivity index (χ2v) is 10.3. The van der Waals surface area contributed by atoms with E-state index in [2.05, 4.69) is 26.2 Å². The van der Waals surface area contributed by atoms with Gasteiger partial charge in [0.15, 0.2) is 5.13 Å². The molecule has 1 aliphatic rings. The van der Waals surface area contributed by atoms with Gasteiger partial charge in [0.2, 0.25) is 10.0 Å². The molecular formula is C20H18BrN3O4S2. The number of anilines is 1. The monoisotopic (exact) mass is 507 g/mol. The van der Waals surface area contributed by atoms with Gasteiger partial charge in [0.25, 0.3) is 5.91 Å². The van der Waals surface area contributed by atoms with E-state index in [0.717, 1.165) is 10.0 Å². The third-order valence-electron chi connectivity index (χ3n) is 4.59. The molecule has 1 aliphatic heterocycles. The van der Waals surface area contributed by atoms with Gasteiger partial charge in [-0.2, -0.15) is 4.31 Å². The van der Waals surface area contributed by atoms with Crippen LogP contribution in [0.2, 0.25) is 0 Å². The van der Waals surface area contributed by atoms with Crippen LogP contribution in [0, 0.1) is 0 Å². The first-order chi connectivity index (χ1) is 14.4. The van der Waals surface area contributed by atoms with Gasteiger partial charge in [0.1, 0.15) is 0 Å². The fraction of sp³-hybridized carbons (Fsp3) is 0.200. The number of sulfonamides is 1. The Bertz CT molecular complexity index is 1140. The highest BCUT2D eigenvalue weighted by atomic mass is 79.9. The molecule has 1 N–H and O–H groups in total. The molecule has 10 heteroatoms. The van der Waals surface area contributed by atoms with E-state index in [1.54, 1.807) is 48.5 Å². The zero-order valence-electron chi connectivity index (χ0n) is 15.7. The smallest absolute Gasteiger partial charge is 0.257 e. The molecular weight excluding hydrogens is 490 g/mol. The van der Waals surface area contributed by atoms with Crippen molar-refractivity contribution in [2.75, 3.05) is 31.6 Å². The lowest BCUT2D eigenvalue weighted by atomic mass is 10.2. The first-order valence-corrected chi connectivity index (χ1v) is 12.3. The molecule has 1 fully saturated rings. The fourth-order valence-electron chi connectivity index (χ4n) is 2.97. The molecule has 0 bridgehead atoms. The summed E-state index contributed by atoms with van der Waals surface area (Å²) in [6.07, 6.45) is 0. The first-order valence-electron chi connectivity index (χ1n) is 9.14. The molecule has 1 saturated heterocycles. The van der Waals surface area contributed by atoms with Gasteiger partial charge in [-0.25, -0.2) is 13.4 Å². The summed E-state index contributed by atoms with van der Waals surface area (Å²) < 4.78 is 33.0. The van der Waals surface area contributed by atoms with Gasteiger partial charge < -0.3 is 4.74 Å². The minimum absolute atomic E-state index is 0.240. The summed E-state index contributed by atoms with van der Waals surface area (Å²) in [7, 11) is -3.53. The standard InChI is InChI=1S/C20H18BrN3O4S2/c21-16-5-1-15(2-6-16)19(25)23-20-22-18(13-29-20)14-3-7-17(8-4-14)30(26,27)24-9-11-28-12-10-24/h1-8,13H,9-12H2,(H,22,23,25). The van der Waals surface area contributed by atoms with Crippen molar-refractivity contribution in [2.24, 2.45) is 0 Å². The van der Waals surface area contributed by atoms with Gasteiger partial charge in [-0.05, 0) is 36.4 Å². The Balaban J connectivity index is 1.47. The zero-order valence-corrected chi connectivity index (χ0v) is 19.0. The maximum atomic E-state index is 12.7. The summed E-state index contributed by atoms with van der Waals surface area (Å²) in [5.74, 6) is -0.240. The Hall–Kier alpha value is -2.11. The van der Waals surface area contributed by atoms with Crippen LogP contribution in [0.5, 0.6) is 0 Å². The number of carbonyl (C=O) groups excluding carboxylic acids is 1. The van der Waals surface area contributed by atoms with E-state index in [4.69, 9.17) is 4.74 Å². The summed E-state index contributed by atoms with van der Waals surface area (Å²) in [6, 6.07) is 13.7. The lowest BCUT2D eigenvalue weighted by molar-refractivity contribution is 0.0730. The molecule has 0 spiro atoms. The molecule has 30 heavy (non-hydrogen) atoms. The Morgan fingerprint density at radius 3 is 2.40 bits per heavy atom. The van der Waals surface area contributed by atoms with Crippen LogP contribution in [0.4, 0.5) is 5.13 Å². The molecule has 2 aromatic carbocycles. The lowest BCUT2D eigenvalue weighted by Gasteiger charge is -2.26. The summed E-state index contributed by atoms with van der Waals surface area (Å²) in [6.45, 7) is 1.53. The zero-order chi connectivity index (χ0) is 21.1. The van der Waals surface area contributed by atoms with Gasteiger partial charge in [0, 0.05) is 34.1 Å².